The second-order valence-electron chi connectivity index (χ2n) is 9.36. The van der Waals surface area contributed by atoms with Gasteiger partial charge in [0.2, 0.25) is 11.8 Å². The van der Waals surface area contributed by atoms with Crippen LogP contribution in [0.4, 0.5) is 5.69 Å². The SMILES string of the molecule is CCCNC(=O)C(CC)N(Cc1ccc(C)cc1)C(=O)CN(c1cc(Cl)ccc1OC)S(=O)(=O)c1ccccc1. The number of amides is 2. The van der Waals surface area contributed by atoms with Crippen molar-refractivity contribution < 1.29 is 22.7 Å². The van der Waals surface area contributed by atoms with Crippen LogP contribution >= 0.6 is 11.6 Å². The summed E-state index contributed by atoms with van der Waals surface area (Å²) in [6.07, 6.45) is 1.09. The van der Waals surface area contributed by atoms with Gasteiger partial charge in [0.25, 0.3) is 10.0 Å². The van der Waals surface area contributed by atoms with E-state index in [0.29, 0.717) is 13.0 Å². The van der Waals surface area contributed by atoms with Gasteiger partial charge in [-0.2, -0.15) is 0 Å². The van der Waals surface area contributed by atoms with E-state index in [0.717, 1.165) is 21.9 Å². The van der Waals surface area contributed by atoms with Crippen molar-refractivity contribution in [1.29, 1.82) is 0 Å². The molecule has 1 N–H and O–H groups in total. The number of ether oxygens (including phenoxy) is 1. The average Bonchev–Trinajstić information content (AvgIpc) is 2.95. The maximum Gasteiger partial charge on any atom is 0.264 e. The first-order valence-corrected chi connectivity index (χ1v) is 15.0. The molecule has 3 rings (SSSR count). The lowest BCUT2D eigenvalue weighted by atomic mass is 10.1. The zero-order valence-corrected chi connectivity index (χ0v) is 24.8. The summed E-state index contributed by atoms with van der Waals surface area (Å²) in [6.45, 7) is 5.76. The molecule has 1 unspecified atom stereocenters. The van der Waals surface area contributed by atoms with Gasteiger partial charge < -0.3 is 15.0 Å². The summed E-state index contributed by atoms with van der Waals surface area (Å²) in [5, 5.41) is 3.15. The molecule has 0 bridgehead atoms. The average molecular weight is 586 g/mol. The Balaban J connectivity index is 2.10. The van der Waals surface area contributed by atoms with E-state index >= 15 is 0 Å². The number of benzene rings is 3. The number of nitrogens with zero attached hydrogens (tertiary/aromatic N) is 2. The van der Waals surface area contributed by atoms with Gasteiger partial charge in [0.05, 0.1) is 17.7 Å². The summed E-state index contributed by atoms with van der Waals surface area (Å²) in [5.41, 5.74) is 1.99. The van der Waals surface area contributed by atoms with Crippen LogP contribution in [0.2, 0.25) is 5.02 Å². The van der Waals surface area contributed by atoms with Crippen molar-refractivity contribution >= 4 is 39.1 Å². The standard InChI is InChI=1S/C30H36ClN3O5S/c1-5-18-32-30(36)26(6-2)33(20-23-14-12-22(3)13-15-23)29(35)21-34(27-19-24(31)16-17-28(27)39-4)40(37,38)25-10-8-7-9-11-25/h7-17,19,26H,5-6,18,20-21H2,1-4H3,(H,32,36). The molecule has 0 radical (unpaired) electrons. The number of aryl methyl sites for hydroxylation is 1. The minimum atomic E-state index is -4.23. The maximum absolute atomic E-state index is 14.1. The highest BCUT2D eigenvalue weighted by Gasteiger charge is 2.34. The second kappa shape index (κ2) is 14.2. The fourth-order valence-corrected chi connectivity index (χ4v) is 5.87. The summed E-state index contributed by atoms with van der Waals surface area (Å²) >= 11 is 6.27. The Morgan fingerprint density at radius 1 is 1.00 bits per heavy atom. The normalized spacial score (nSPS) is 11.9. The van der Waals surface area contributed by atoms with Crippen molar-refractivity contribution in [2.45, 2.75) is 51.1 Å². The number of hydrogen-bond acceptors (Lipinski definition) is 5. The minimum Gasteiger partial charge on any atom is -0.495 e. The summed E-state index contributed by atoms with van der Waals surface area (Å²) in [7, 11) is -2.82. The van der Waals surface area contributed by atoms with Gasteiger partial charge in [-0.15, -0.1) is 0 Å². The number of hydrogen-bond donors (Lipinski definition) is 1. The molecule has 0 spiro atoms. The smallest absolute Gasteiger partial charge is 0.264 e. The Kier molecular flexibility index (Phi) is 11.0. The highest BCUT2D eigenvalue weighted by atomic mass is 35.5. The Hall–Kier alpha value is -3.56. The van der Waals surface area contributed by atoms with E-state index in [1.54, 1.807) is 30.3 Å². The molecule has 8 nitrogen and oxygen atoms in total. The molecule has 0 heterocycles. The molecule has 0 aliphatic heterocycles. The van der Waals surface area contributed by atoms with Crippen LogP contribution in [0.1, 0.15) is 37.8 Å². The lowest BCUT2D eigenvalue weighted by Gasteiger charge is -2.33. The van der Waals surface area contributed by atoms with Crippen LogP contribution in [-0.2, 0) is 26.2 Å². The molecule has 0 aromatic heterocycles. The van der Waals surface area contributed by atoms with E-state index < -0.39 is 28.5 Å². The third-order valence-corrected chi connectivity index (χ3v) is 8.44. The van der Waals surface area contributed by atoms with E-state index in [2.05, 4.69) is 5.32 Å². The van der Waals surface area contributed by atoms with Gasteiger partial charge in [-0.25, -0.2) is 8.42 Å². The molecule has 0 saturated heterocycles. The number of nitrogens with one attached hydrogen (secondary N) is 1. The molecular formula is C30H36ClN3O5S. The van der Waals surface area contributed by atoms with E-state index in [-0.39, 0.29) is 33.8 Å². The zero-order chi connectivity index (χ0) is 29.3. The fourth-order valence-electron chi connectivity index (χ4n) is 4.27. The summed E-state index contributed by atoms with van der Waals surface area (Å²) in [4.78, 5) is 28.7. The van der Waals surface area contributed by atoms with Crippen LogP contribution in [0, 0.1) is 6.92 Å². The fraction of sp³-hybridized carbons (Fsp3) is 0.333. The lowest BCUT2D eigenvalue weighted by Crippen LogP contribution is -2.52. The molecule has 0 aliphatic carbocycles. The van der Waals surface area contributed by atoms with Crippen LogP contribution in [0.5, 0.6) is 5.75 Å². The van der Waals surface area contributed by atoms with Crippen molar-refractivity contribution in [1.82, 2.24) is 10.2 Å². The third kappa shape index (κ3) is 7.55. The van der Waals surface area contributed by atoms with Crippen molar-refractivity contribution in [2.75, 3.05) is 24.5 Å². The number of anilines is 1. The molecule has 0 saturated carbocycles. The van der Waals surface area contributed by atoms with Crippen molar-refractivity contribution in [3.8, 4) is 5.75 Å². The molecule has 3 aromatic rings. The van der Waals surface area contributed by atoms with Gasteiger partial charge in [-0.05, 0) is 55.7 Å². The highest BCUT2D eigenvalue weighted by Crippen LogP contribution is 2.35. The first kappa shape index (κ1) is 31.0. The summed E-state index contributed by atoms with van der Waals surface area (Å²) in [5.74, 6) is -0.599. The van der Waals surface area contributed by atoms with Gasteiger partial charge in [0.1, 0.15) is 18.3 Å². The first-order chi connectivity index (χ1) is 19.1. The predicted octanol–water partition coefficient (Wildman–Crippen LogP) is 5.19. The topological polar surface area (TPSA) is 96.0 Å². The molecule has 0 aliphatic rings. The molecule has 2 amide bonds. The zero-order valence-electron chi connectivity index (χ0n) is 23.3. The Labute approximate surface area is 241 Å². The third-order valence-electron chi connectivity index (χ3n) is 6.43. The van der Waals surface area contributed by atoms with E-state index in [1.807, 2.05) is 45.0 Å². The number of halogens is 1. The van der Waals surface area contributed by atoms with E-state index in [9.17, 15) is 18.0 Å². The van der Waals surface area contributed by atoms with Crippen LogP contribution in [0.3, 0.4) is 0 Å². The largest absolute Gasteiger partial charge is 0.495 e. The second-order valence-corrected chi connectivity index (χ2v) is 11.7. The van der Waals surface area contributed by atoms with Gasteiger partial charge in [0, 0.05) is 18.1 Å². The molecule has 0 fully saturated rings. The summed E-state index contributed by atoms with van der Waals surface area (Å²) in [6, 6.07) is 19.3. The molecule has 40 heavy (non-hydrogen) atoms. The maximum atomic E-state index is 14.1. The monoisotopic (exact) mass is 585 g/mol. The molecule has 1 atom stereocenters. The Morgan fingerprint density at radius 3 is 2.27 bits per heavy atom. The van der Waals surface area contributed by atoms with E-state index in [1.165, 1.54) is 30.2 Å². The first-order valence-electron chi connectivity index (χ1n) is 13.2. The lowest BCUT2D eigenvalue weighted by molar-refractivity contribution is -0.140. The molecule has 10 heteroatoms. The van der Waals surface area contributed by atoms with Crippen LogP contribution in [0.15, 0.2) is 77.7 Å². The molecule has 3 aromatic carbocycles. The molecular weight excluding hydrogens is 550 g/mol. The number of methoxy groups -OCH3 is 1. The van der Waals surface area contributed by atoms with Crippen molar-refractivity contribution in [2.24, 2.45) is 0 Å². The van der Waals surface area contributed by atoms with Crippen LogP contribution in [0.25, 0.3) is 0 Å². The number of sulfonamides is 1. The van der Waals surface area contributed by atoms with Crippen molar-refractivity contribution in [3.63, 3.8) is 0 Å². The minimum absolute atomic E-state index is 0.00245. The van der Waals surface area contributed by atoms with Gasteiger partial charge >= 0.3 is 0 Å². The van der Waals surface area contributed by atoms with Crippen molar-refractivity contribution in [3.05, 3.63) is 88.9 Å². The van der Waals surface area contributed by atoms with Gasteiger partial charge in [0.15, 0.2) is 0 Å². The Bertz CT molecular complexity index is 1400. The summed E-state index contributed by atoms with van der Waals surface area (Å²) < 4.78 is 34.4. The Morgan fingerprint density at radius 2 is 1.68 bits per heavy atom. The van der Waals surface area contributed by atoms with Crippen LogP contribution < -0.4 is 14.4 Å². The number of carbonyl (C=O) groups is 2. The highest BCUT2D eigenvalue weighted by molar-refractivity contribution is 7.92. The number of rotatable bonds is 13. The van der Waals surface area contributed by atoms with Gasteiger partial charge in [-0.3, -0.25) is 13.9 Å². The molecule has 214 valence electrons. The van der Waals surface area contributed by atoms with Crippen LogP contribution in [-0.4, -0.2) is 51.4 Å². The quantitative estimate of drug-likeness (QED) is 0.298. The van der Waals surface area contributed by atoms with Gasteiger partial charge in [-0.1, -0.05) is 73.5 Å². The predicted molar refractivity (Wildman–Crippen MR) is 158 cm³/mol. The number of carbonyl (C=O) groups excluding carboxylic acids is 2. The van der Waals surface area contributed by atoms with E-state index in [4.69, 9.17) is 16.3 Å².